The lowest BCUT2D eigenvalue weighted by molar-refractivity contribution is 0.102. The second-order valence-corrected chi connectivity index (χ2v) is 8.68. The summed E-state index contributed by atoms with van der Waals surface area (Å²) < 4.78 is 7.18. The van der Waals surface area contributed by atoms with Gasteiger partial charge in [-0.2, -0.15) is 4.52 Å². The monoisotopic (exact) mass is 416 g/mol. The molecule has 1 aliphatic rings. The van der Waals surface area contributed by atoms with Crippen molar-refractivity contribution in [3.8, 4) is 0 Å². The number of benzene rings is 1. The van der Waals surface area contributed by atoms with Gasteiger partial charge in [0, 0.05) is 38.7 Å². The minimum absolute atomic E-state index is 0.0400. The van der Waals surface area contributed by atoms with E-state index in [1.54, 1.807) is 19.2 Å². The number of rotatable bonds is 7. The number of ketones is 1. The van der Waals surface area contributed by atoms with Crippen LogP contribution in [0.15, 0.2) is 39.5 Å². The number of ether oxygens (including phenoxy) is 1. The van der Waals surface area contributed by atoms with E-state index in [1.807, 2.05) is 18.2 Å². The summed E-state index contributed by atoms with van der Waals surface area (Å²) in [4.78, 5) is 32.6. The average molecular weight is 417 g/mol. The zero-order chi connectivity index (χ0) is 19.5. The number of methoxy groups -OCH3 is 1. The van der Waals surface area contributed by atoms with Gasteiger partial charge in [0.05, 0.1) is 23.6 Å². The summed E-state index contributed by atoms with van der Waals surface area (Å²) in [5, 5.41) is 4.40. The molecule has 0 saturated carbocycles. The van der Waals surface area contributed by atoms with Crippen LogP contribution in [0.4, 0.5) is 0 Å². The van der Waals surface area contributed by atoms with Gasteiger partial charge in [-0.1, -0.05) is 53.4 Å². The third-order valence-electron chi connectivity index (χ3n) is 4.65. The number of hydrogen-bond donors (Lipinski definition) is 0. The van der Waals surface area contributed by atoms with Gasteiger partial charge in [-0.25, -0.2) is 4.98 Å². The Kier molecular flexibility index (Phi) is 5.86. The SMILES string of the molecule is COCCN1CCc2nc3sc(SCC(=O)c4ccccc4)nn3c(=O)c2C1. The highest BCUT2D eigenvalue weighted by atomic mass is 32.2. The first-order chi connectivity index (χ1) is 13.7. The van der Waals surface area contributed by atoms with Crippen LogP contribution in [0, 0.1) is 0 Å². The molecule has 0 amide bonds. The standard InChI is InChI=1S/C19H20N4O3S2/c1-26-10-9-22-8-7-15-14(11-22)17(25)23-18(20-15)28-19(21-23)27-12-16(24)13-5-3-2-4-6-13/h2-6H,7-12H2,1H3. The molecule has 0 bridgehead atoms. The molecular weight excluding hydrogens is 396 g/mol. The van der Waals surface area contributed by atoms with Crippen LogP contribution in [0.1, 0.15) is 21.6 Å². The summed E-state index contributed by atoms with van der Waals surface area (Å²) in [5.74, 6) is 0.321. The van der Waals surface area contributed by atoms with Gasteiger partial charge in [0.1, 0.15) is 0 Å². The molecule has 3 heterocycles. The lowest BCUT2D eigenvalue weighted by atomic mass is 10.1. The molecule has 0 aliphatic carbocycles. The smallest absolute Gasteiger partial charge is 0.279 e. The lowest BCUT2D eigenvalue weighted by Crippen LogP contribution is -2.38. The minimum Gasteiger partial charge on any atom is -0.383 e. The third kappa shape index (κ3) is 4.02. The zero-order valence-corrected chi connectivity index (χ0v) is 17.1. The zero-order valence-electron chi connectivity index (χ0n) is 15.5. The van der Waals surface area contributed by atoms with Crippen molar-refractivity contribution < 1.29 is 9.53 Å². The number of fused-ring (bicyclic) bond motifs is 2. The predicted octanol–water partition coefficient (Wildman–Crippen LogP) is 2.13. The van der Waals surface area contributed by atoms with Crippen molar-refractivity contribution in [3.63, 3.8) is 0 Å². The summed E-state index contributed by atoms with van der Waals surface area (Å²) >= 11 is 2.70. The Morgan fingerprint density at radius 3 is 2.93 bits per heavy atom. The Morgan fingerprint density at radius 1 is 1.32 bits per heavy atom. The van der Waals surface area contributed by atoms with Gasteiger partial charge in [-0.05, 0) is 0 Å². The molecule has 0 N–H and O–H groups in total. The van der Waals surface area contributed by atoms with Gasteiger partial charge >= 0.3 is 0 Å². The maximum atomic E-state index is 12.9. The van der Waals surface area contributed by atoms with E-state index in [1.165, 1.54) is 27.6 Å². The van der Waals surface area contributed by atoms with Crippen molar-refractivity contribution in [2.45, 2.75) is 17.3 Å². The molecule has 4 rings (SSSR count). The van der Waals surface area contributed by atoms with Gasteiger partial charge in [0.15, 0.2) is 10.1 Å². The number of carbonyl (C=O) groups is 1. The van der Waals surface area contributed by atoms with Gasteiger partial charge in [-0.3, -0.25) is 14.5 Å². The van der Waals surface area contributed by atoms with Crippen LogP contribution in [0.2, 0.25) is 0 Å². The van der Waals surface area contributed by atoms with E-state index >= 15 is 0 Å². The van der Waals surface area contributed by atoms with Gasteiger partial charge in [0.25, 0.3) is 5.56 Å². The molecule has 0 atom stereocenters. The van der Waals surface area contributed by atoms with Crippen molar-refractivity contribution in [3.05, 3.63) is 57.5 Å². The number of Topliss-reactive ketones (excluding diaryl/α,β-unsaturated/α-hetero) is 1. The molecule has 0 saturated heterocycles. The Bertz CT molecular complexity index is 1050. The highest BCUT2D eigenvalue weighted by Crippen LogP contribution is 2.25. The van der Waals surface area contributed by atoms with E-state index in [0.29, 0.717) is 33.6 Å². The van der Waals surface area contributed by atoms with E-state index in [9.17, 15) is 9.59 Å². The summed E-state index contributed by atoms with van der Waals surface area (Å²) in [5.41, 5.74) is 2.14. The van der Waals surface area contributed by atoms with Crippen molar-refractivity contribution in [1.29, 1.82) is 0 Å². The number of aromatic nitrogens is 3. The van der Waals surface area contributed by atoms with E-state index in [2.05, 4.69) is 15.0 Å². The largest absolute Gasteiger partial charge is 0.383 e. The fourth-order valence-electron chi connectivity index (χ4n) is 3.14. The molecule has 0 radical (unpaired) electrons. The Hall–Kier alpha value is -2.07. The molecule has 0 spiro atoms. The Morgan fingerprint density at radius 2 is 2.14 bits per heavy atom. The van der Waals surface area contributed by atoms with Gasteiger partial charge in [0.2, 0.25) is 4.96 Å². The first-order valence-corrected chi connectivity index (χ1v) is 10.8. The molecule has 0 fully saturated rings. The molecule has 146 valence electrons. The van der Waals surface area contributed by atoms with Crippen molar-refractivity contribution in [2.24, 2.45) is 0 Å². The summed E-state index contributed by atoms with van der Waals surface area (Å²) in [7, 11) is 1.68. The molecule has 3 aromatic rings. The van der Waals surface area contributed by atoms with Crippen LogP contribution in [0.25, 0.3) is 4.96 Å². The van der Waals surface area contributed by atoms with Crippen LogP contribution < -0.4 is 5.56 Å². The fourth-order valence-corrected chi connectivity index (χ4v) is 4.98. The number of carbonyl (C=O) groups excluding carboxylic acids is 1. The predicted molar refractivity (Wildman–Crippen MR) is 109 cm³/mol. The summed E-state index contributed by atoms with van der Waals surface area (Å²) in [6.07, 6.45) is 0.748. The molecule has 9 heteroatoms. The summed E-state index contributed by atoms with van der Waals surface area (Å²) in [6.45, 7) is 2.86. The first kappa shape index (κ1) is 19.3. The molecule has 0 unspecified atom stereocenters. The Balaban J connectivity index is 1.52. The number of nitrogens with zero attached hydrogens (tertiary/aromatic N) is 4. The highest BCUT2D eigenvalue weighted by Gasteiger charge is 2.23. The maximum absolute atomic E-state index is 12.9. The van der Waals surface area contributed by atoms with E-state index < -0.39 is 0 Å². The second-order valence-electron chi connectivity index (χ2n) is 6.50. The van der Waals surface area contributed by atoms with Crippen LogP contribution in [-0.4, -0.2) is 57.8 Å². The van der Waals surface area contributed by atoms with Crippen molar-refractivity contribution >= 4 is 33.8 Å². The van der Waals surface area contributed by atoms with E-state index in [0.717, 1.165) is 25.2 Å². The molecule has 1 aromatic carbocycles. The lowest BCUT2D eigenvalue weighted by Gasteiger charge is -2.26. The van der Waals surface area contributed by atoms with Gasteiger partial charge in [-0.15, -0.1) is 5.10 Å². The molecule has 7 nitrogen and oxygen atoms in total. The topological polar surface area (TPSA) is 76.8 Å². The van der Waals surface area contributed by atoms with Crippen molar-refractivity contribution in [1.82, 2.24) is 19.5 Å². The first-order valence-electron chi connectivity index (χ1n) is 8.99. The fraction of sp³-hybridized carbons (Fsp3) is 0.368. The normalized spacial score (nSPS) is 14.3. The quantitative estimate of drug-likeness (QED) is 0.431. The Labute approximate surface area is 170 Å². The molecular formula is C19H20N4O3S2. The highest BCUT2D eigenvalue weighted by molar-refractivity contribution is 8.01. The van der Waals surface area contributed by atoms with Gasteiger partial charge < -0.3 is 4.74 Å². The molecule has 28 heavy (non-hydrogen) atoms. The number of thioether (sulfide) groups is 1. The van der Waals surface area contributed by atoms with Crippen LogP contribution in [0.5, 0.6) is 0 Å². The molecule has 1 aliphatic heterocycles. The van der Waals surface area contributed by atoms with Crippen LogP contribution in [-0.2, 0) is 17.7 Å². The minimum atomic E-state index is -0.111. The summed E-state index contributed by atoms with van der Waals surface area (Å²) in [6, 6.07) is 9.18. The second kappa shape index (κ2) is 8.52. The van der Waals surface area contributed by atoms with Crippen LogP contribution in [0.3, 0.4) is 0 Å². The average Bonchev–Trinajstić information content (AvgIpc) is 3.14. The third-order valence-corrected chi connectivity index (χ3v) is 6.69. The van der Waals surface area contributed by atoms with Crippen LogP contribution >= 0.6 is 23.1 Å². The molecule has 2 aromatic heterocycles. The van der Waals surface area contributed by atoms with E-state index in [-0.39, 0.29) is 17.1 Å². The maximum Gasteiger partial charge on any atom is 0.279 e. The van der Waals surface area contributed by atoms with E-state index in [4.69, 9.17) is 4.74 Å². The van der Waals surface area contributed by atoms with Crippen molar-refractivity contribution in [2.75, 3.05) is 32.6 Å². The number of hydrogen-bond acceptors (Lipinski definition) is 8.